The van der Waals surface area contributed by atoms with E-state index in [1.54, 1.807) is 0 Å². The molecule has 0 saturated carbocycles. The fourth-order valence-electron chi connectivity index (χ4n) is 2.95. The quantitative estimate of drug-likeness (QED) is 0.909. The summed E-state index contributed by atoms with van der Waals surface area (Å²) in [5.41, 5.74) is 1.64. The van der Waals surface area contributed by atoms with Gasteiger partial charge in [0.05, 0.1) is 12.3 Å². The smallest absolute Gasteiger partial charge is 0.123 e. The minimum Gasteiger partial charge on any atom is -0.369 e. The van der Waals surface area contributed by atoms with E-state index in [9.17, 15) is 0 Å². The van der Waals surface area contributed by atoms with Crippen LogP contribution in [-0.2, 0) is 11.2 Å². The maximum absolute atomic E-state index is 5.87. The number of hydrogen-bond acceptors (Lipinski definition) is 5. The third kappa shape index (κ3) is 2.84. The molecule has 1 fully saturated rings. The molecule has 1 N–H and O–H groups in total. The van der Waals surface area contributed by atoms with Crippen LogP contribution in [0.2, 0.25) is 0 Å². The van der Waals surface area contributed by atoms with E-state index in [2.05, 4.69) is 26.2 Å². The summed E-state index contributed by atoms with van der Waals surface area (Å²) in [6.45, 7) is 5.54. The average Bonchev–Trinajstić information content (AvgIpc) is 2.81. The van der Waals surface area contributed by atoms with Crippen LogP contribution in [0.3, 0.4) is 0 Å². The Balaban J connectivity index is 1.88. The Labute approximate surface area is 123 Å². The van der Waals surface area contributed by atoms with Gasteiger partial charge >= 0.3 is 0 Å². The second kappa shape index (κ2) is 5.35. The first-order valence-electron chi connectivity index (χ1n) is 6.95. The summed E-state index contributed by atoms with van der Waals surface area (Å²) < 4.78 is 5.87. The highest BCUT2D eigenvalue weighted by Crippen LogP contribution is 2.44. The summed E-state index contributed by atoms with van der Waals surface area (Å²) in [6.07, 6.45) is 2.50. The molecule has 106 valence electrons. The van der Waals surface area contributed by atoms with Gasteiger partial charge < -0.3 is 10.1 Å². The zero-order chi connectivity index (χ0) is 13.5. The first-order valence-corrected chi connectivity index (χ1v) is 8.92. The Morgan fingerprint density at radius 1 is 1.42 bits per heavy atom. The zero-order valence-electron chi connectivity index (χ0n) is 11.9. The van der Waals surface area contributed by atoms with E-state index in [1.165, 1.54) is 22.0 Å². The van der Waals surface area contributed by atoms with Crippen molar-refractivity contribution in [1.82, 2.24) is 10.3 Å². The minimum absolute atomic E-state index is 0.218. The monoisotopic (exact) mass is 298 g/mol. The number of ether oxygens (including phenoxy) is 1. The van der Waals surface area contributed by atoms with Gasteiger partial charge in [0.2, 0.25) is 0 Å². The van der Waals surface area contributed by atoms with Gasteiger partial charge in [-0.2, -0.15) is 11.8 Å². The first-order chi connectivity index (χ1) is 9.09. The Kier molecular flexibility index (Phi) is 3.91. The Hall–Kier alpha value is -0.100. The van der Waals surface area contributed by atoms with E-state index in [0.29, 0.717) is 11.5 Å². The number of nitrogens with one attached hydrogen (secondary N) is 1. The average molecular weight is 298 g/mol. The largest absolute Gasteiger partial charge is 0.369 e. The van der Waals surface area contributed by atoms with E-state index in [0.717, 1.165) is 24.5 Å². The predicted molar refractivity (Wildman–Crippen MR) is 82.0 cm³/mol. The van der Waals surface area contributed by atoms with E-state index in [4.69, 9.17) is 9.72 Å². The Morgan fingerprint density at radius 2 is 2.26 bits per heavy atom. The summed E-state index contributed by atoms with van der Waals surface area (Å²) in [5, 5.41) is 4.65. The van der Waals surface area contributed by atoms with E-state index >= 15 is 0 Å². The lowest BCUT2D eigenvalue weighted by Crippen LogP contribution is -2.30. The minimum atomic E-state index is 0.218. The fourth-order valence-corrected chi connectivity index (χ4v) is 5.15. The van der Waals surface area contributed by atoms with Crippen LogP contribution >= 0.6 is 23.1 Å². The van der Waals surface area contributed by atoms with E-state index < -0.39 is 0 Å². The van der Waals surface area contributed by atoms with Gasteiger partial charge in [-0.1, -0.05) is 13.8 Å². The van der Waals surface area contributed by atoms with Gasteiger partial charge in [-0.15, -0.1) is 11.3 Å². The van der Waals surface area contributed by atoms with Crippen molar-refractivity contribution in [2.75, 3.05) is 25.2 Å². The van der Waals surface area contributed by atoms with Gasteiger partial charge in [0.15, 0.2) is 0 Å². The third-order valence-corrected chi connectivity index (χ3v) is 6.20. The molecule has 1 saturated heterocycles. The van der Waals surface area contributed by atoms with Crippen LogP contribution in [-0.4, -0.2) is 30.1 Å². The first kappa shape index (κ1) is 13.9. The van der Waals surface area contributed by atoms with Crippen molar-refractivity contribution in [3.8, 4) is 0 Å². The standard InChI is InChI=1S/C14H22N2OS2/c1-14(2)6-9(15-3)12-10(7-14)16-13(19-12)11-8-18-5-4-17-11/h9,11,15H,4-8H2,1-3H3. The summed E-state index contributed by atoms with van der Waals surface area (Å²) in [6, 6.07) is 0.459. The molecule has 2 aliphatic rings. The van der Waals surface area contributed by atoms with Crippen LogP contribution in [0.15, 0.2) is 0 Å². The number of rotatable bonds is 2. The summed E-state index contributed by atoms with van der Waals surface area (Å²) >= 11 is 3.84. The van der Waals surface area contributed by atoms with Crippen LogP contribution in [0, 0.1) is 5.41 Å². The number of thioether (sulfide) groups is 1. The molecule has 0 spiro atoms. The van der Waals surface area contributed by atoms with Crippen LogP contribution in [0.1, 0.15) is 48.0 Å². The highest BCUT2D eigenvalue weighted by Gasteiger charge is 2.35. The molecule has 3 rings (SSSR count). The normalized spacial score (nSPS) is 30.1. The van der Waals surface area contributed by atoms with Crippen molar-refractivity contribution in [1.29, 1.82) is 0 Å². The summed E-state index contributed by atoms with van der Waals surface area (Å²) in [7, 11) is 2.06. The van der Waals surface area contributed by atoms with Crippen molar-refractivity contribution >= 4 is 23.1 Å². The number of fused-ring (bicyclic) bond motifs is 1. The van der Waals surface area contributed by atoms with Gasteiger partial charge in [0, 0.05) is 22.4 Å². The second-order valence-corrected chi connectivity index (χ2v) is 8.40. The molecule has 1 aliphatic carbocycles. The van der Waals surface area contributed by atoms with E-state index in [-0.39, 0.29) is 6.10 Å². The molecule has 2 unspecified atom stereocenters. The van der Waals surface area contributed by atoms with Crippen LogP contribution in [0.5, 0.6) is 0 Å². The van der Waals surface area contributed by atoms with Crippen LogP contribution in [0.25, 0.3) is 0 Å². The number of thiazole rings is 1. The van der Waals surface area contributed by atoms with Crippen molar-refractivity contribution in [2.24, 2.45) is 5.41 Å². The molecule has 5 heteroatoms. The lowest BCUT2D eigenvalue weighted by atomic mass is 9.76. The molecule has 1 aromatic rings. The van der Waals surface area contributed by atoms with Crippen molar-refractivity contribution in [3.05, 3.63) is 15.6 Å². The lowest BCUT2D eigenvalue weighted by molar-refractivity contribution is 0.0753. The summed E-state index contributed by atoms with van der Waals surface area (Å²) in [5.74, 6) is 2.17. The van der Waals surface area contributed by atoms with Crippen LogP contribution < -0.4 is 5.32 Å². The maximum Gasteiger partial charge on any atom is 0.123 e. The highest BCUT2D eigenvalue weighted by atomic mass is 32.2. The van der Waals surface area contributed by atoms with Gasteiger partial charge in [0.25, 0.3) is 0 Å². The van der Waals surface area contributed by atoms with Crippen molar-refractivity contribution in [2.45, 2.75) is 38.8 Å². The number of nitrogens with zero attached hydrogens (tertiary/aromatic N) is 1. The molecule has 2 atom stereocenters. The van der Waals surface area contributed by atoms with Gasteiger partial charge in [-0.3, -0.25) is 0 Å². The molecule has 1 aromatic heterocycles. The SMILES string of the molecule is CNC1CC(C)(C)Cc2nc(C3CSCCO3)sc21. The Bertz CT molecular complexity index is 452. The molecule has 0 amide bonds. The molecular weight excluding hydrogens is 276 g/mol. The molecule has 0 bridgehead atoms. The molecule has 3 nitrogen and oxygen atoms in total. The molecule has 2 heterocycles. The fraction of sp³-hybridized carbons (Fsp3) is 0.786. The summed E-state index contributed by atoms with van der Waals surface area (Å²) in [4.78, 5) is 6.35. The van der Waals surface area contributed by atoms with E-state index in [1.807, 2.05) is 23.1 Å². The lowest BCUT2D eigenvalue weighted by Gasteiger charge is -2.34. The zero-order valence-corrected chi connectivity index (χ0v) is 13.5. The Morgan fingerprint density at radius 3 is 2.95 bits per heavy atom. The van der Waals surface area contributed by atoms with Crippen LogP contribution in [0.4, 0.5) is 0 Å². The third-order valence-electron chi connectivity index (χ3n) is 3.90. The van der Waals surface area contributed by atoms with Gasteiger partial charge in [-0.05, 0) is 25.3 Å². The van der Waals surface area contributed by atoms with Gasteiger partial charge in [-0.25, -0.2) is 4.98 Å². The van der Waals surface area contributed by atoms with Gasteiger partial charge in [0.1, 0.15) is 11.1 Å². The topological polar surface area (TPSA) is 34.2 Å². The molecule has 1 aliphatic heterocycles. The predicted octanol–water partition coefficient (Wildman–Crippen LogP) is 3.18. The second-order valence-electron chi connectivity index (χ2n) is 6.18. The maximum atomic E-state index is 5.87. The number of hydrogen-bond donors (Lipinski definition) is 1. The molecular formula is C14H22N2OS2. The van der Waals surface area contributed by atoms with Crippen molar-refractivity contribution in [3.63, 3.8) is 0 Å². The van der Waals surface area contributed by atoms with Crippen molar-refractivity contribution < 1.29 is 4.74 Å². The molecule has 19 heavy (non-hydrogen) atoms. The number of aromatic nitrogens is 1. The molecule has 0 aromatic carbocycles. The highest BCUT2D eigenvalue weighted by molar-refractivity contribution is 7.99. The molecule has 0 radical (unpaired) electrons.